The van der Waals surface area contributed by atoms with Crippen LogP contribution in [0.1, 0.15) is 25.7 Å². The van der Waals surface area contributed by atoms with Gasteiger partial charge < -0.3 is 72.0 Å². The van der Waals surface area contributed by atoms with Crippen LogP contribution < -0.4 is 5.32 Å². The second kappa shape index (κ2) is 46.3. The summed E-state index contributed by atoms with van der Waals surface area (Å²) in [6.07, 6.45) is 4.95. The van der Waals surface area contributed by atoms with Crippen molar-refractivity contribution in [1.82, 2.24) is 5.32 Å². The van der Waals surface area contributed by atoms with Crippen LogP contribution in [0.2, 0.25) is 0 Å². The van der Waals surface area contributed by atoms with Crippen molar-refractivity contribution in [2.24, 2.45) is 0 Å². The van der Waals surface area contributed by atoms with Gasteiger partial charge in [0.1, 0.15) is 13.2 Å². The summed E-state index contributed by atoms with van der Waals surface area (Å²) in [4.78, 5) is 21.7. The number of carbonyl (C=O) groups is 2. The minimum Gasteiger partial charge on any atom is -0.480 e. The summed E-state index contributed by atoms with van der Waals surface area (Å²) < 4.78 is 71.5. The number of amides is 1. The average molecular weight is 872 g/mol. The van der Waals surface area contributed by atoms with E-state index in [1.54, 1.807) is 0 Å². The number of nitrogens with one attached hydrogen (secondary N) is 1. The molecule has 0 aliphatic heterocycles. The number of halogens is 1. The Hall–Kier alpha value is -0.850. The van der Waals surface area contributed by atoms with Gasteiger partial charge in [-0.05, 0) is 17.3 Å². The number of rotatable bonds is 46. The molecule has 0 aromatic rings. The number of alkyl halides is 1. The molecule has 0 saturated heterocycles. The molecule has 2 N–H and O–H groups in total. The summed E-state index contributed by atoms with van der Waals surface area (Å²) in [5.41, 5.74) is 0. The third-order valence-corrected chi connectivity index (χ3v) is 7.05. The first-order valence-corrected chi connectivity index (χ1v) is 19.7. The van der Waals surface area contributed by atoms with Crippen LogP contribution in [0.4, 0.5) is 0 Å². The average Bonchev–Trinajstić information content (AvgIpc) is 3.13. The van der Waals surface area contributed by atoms with Crippen LogP contribution in [0.3, 0.4) is 0 Å². The van der Waals surface area contributed by atoms with Crippen LogP contribution in [0.5, 0.6) is 0 Å². The number of hydrogen-bond acceptors (Lipinski definition) is 15. The number of carboxylic acid groups (broad SMARTS) is 1. The van der Waals surface area contributed by atoms with E-state index in [0.29, 0.717) is 159 Å². The minimum atomic E-state index is -1.12. The summed E-state index contributed by atoms with van der Waals surface area (Å²) in [5, 5.41) is 11.0. The monoisotopic (exact) mass is 871 g/mol. The highest BCUT2D eigenvalue weighted by Gasteiger charge is 2.03. The molecule has 310 valence electrons. The van der Waals surface area contributed by atoms with Gasteiger partial charge in [-0.3, -0.25) is 4.79 Å². The van der Waals surface area contributed by atoms with Gasteiger partial charge >= 0.3 is 5.97 Å². The van der Waals surface area contributed by atoms with Crippen LogP contribution in [0.25, 0.3) is 0 Å². The Kier molecular flexibility index (Phi) is 45.5. The summed E-state index contributed by atoms with van der Waals surface area (Å²) in [7, 11) is 0. The highest BCUT2D eigenvalue weighted by molar-refractivity contribution is 14.1. The lowest BCUT2D eigenvalue weighted by molar-refractivity contribution is -0.143. The maximum Gasteiger partial charge on any atom is 0.329 e. The van der Waals surface area contributed by atoms with Gasteiger partial charge in [-0.25, -0.2) is 4.79 Å². The van der Waals surface area contributed by atoms with Crippen molar-refractivity contribution in [3.63, 3.8) is 0 Å². The highest BCUT2D eigenvalue weighted by atomic mass is 127. The number of aliphatic carboxylic acids is 1. The molecule has 0 heterocycles. The molecule has 0 saturated carbocycles. The fourth-order valence-electron chi connectivity index (χ4n) is 3.72. The van der Waals surface area contributed by atoms with E-state index < -0.39 is 18.5 Å². The minimum absolute atomic E-state index is 0.300. The van der Waals surface area contributed by atoms with E-state index in [-0.39, 0.29) is 6.61 Å². The molecule has 0 radical (unpaired) electrons. The first kappa shape index (κ1) is 51.1. The lowest BCUT2D eigenvalue weighted by atomic mass is 10.2. The van der Waals surface area contributed by atoms with Gasteiger partial charge in [0.15, 0.2) is 0 Å². The third kappa shape index (κ3) is 47.2. The van der Waals surface area contributed by atoms with Gasteiger partial charge in [-0.15, -0.1) is 0 Å². The zero-order valence-corrected chi connectivity index (χ0v) is 33.2. The maximum atomic E-state index is 11.4. The van der Waals surface area contributed by atoms with Crippen LogP contribution in [0.15, 0.2) is 0 Å². The molecule has 18 heteroatoms. The largest absolute Gasteiger partial charge is 0.480 e. The predicted molar refractivity (Wildman–Crippen MR) is 199 cm³/mol. The standard InChI is InChI=1S/C34H66INO16/c35-5-3-1-2-4-7-40-9-11-42-13-15-44-17-19-46-21-23-48-25-27-50-29-30-51-28-26-49-24-22-47-20-18-45-16-14-43-12-10-41-8-6-36-33(37)31-52-32-34(38)39/h1-32H2,(H,36,37)(H,38,39). The number of hydrogen-bond donors (Lipinski definition) is 2. The molecule has 0 aromatic carbocycles. The first-order valence-electron chi connectivity index (χ1n) is 18.2. The molecule has 52 heavy (non-hydrogen) atoms. The van der Waals surface area contributed by atoms with Gasteiger partial charge in [0.25, 0.3) is 0 Å². The fourth-order valence-corrected chi connectivity index (χ4v) is 4.26. The van der Waals surface area contributed by atoms with Crippen molar-refractivity contribution in [3.05, 3.63) is 0 Å². The molecular weight excluding hydrogens is 805 g/mol. The molecule has 0 atom stereocenters. The predicted octanol–water partition coefficient (Wildman–Crippen LogP) is 1.40. The Balaban J connectivity index is 3.08. The number of unbranched alkanes of at least 4 members (excludes halogenated alkanes) is 3. The van der Waals surface area contributed by atoms with Gasteiger partial charge in [-0.1, -0.05) is 35.4 Å². The normalized spacial score (nSPS) is 11.4. The maximum absolute atomic E-state index is 11.4. The molecule has 0 rings (SSSR count). The molecule has 1 amide bonds. The zero-order chi connectivity index (χ0) is 37.7. The Morgan fingerprint density at radius 1 is 0.365 bits per heavy atom. The van der Waals surface area contributed by atoms with E-state index in [9.17, 15) is 9.59 Å². The van der Waals surface area contributed by atoms with E-state index in [4.69, 9.17) is 61.9 Å². The van der Waals surface area contributed by atoms with Crippen molar-refractivity contribution >= 4 is 34.5 Å². The van der Waals surface area contributed by atoms with Crippen molar-refractivity contribution in [1.29, 1.82) is 0 Å². The number of ether oxygens (including phenoxy) is 13. The number of carboxylic acids is 1. The Morgan fingerprint density at radius 2 is 0.654 bits per heavy atom. The van der Waals surface area contributed by atoms with Crippen molar-refractivity contribution in [2.45, 2.75) is 25.7 Å². The number of carbonyl (C=O) groups excluding carboxylic acids is 1. The van der Waals surface area contributed by atoms with E-state index in [1.807, 2.05) is 0 Å². The Morgan fingerprint density at radius 3 is 0.962 bits per heavy atom. The Bertz CT molecular complexity index is 731. The molecule has 0 spiro atoms. The summed E-state index contributed by atoms with van der Waals surface area (Å²) in [6.45, 7) is 11.5. The van der Waals surface area contributed by atoms with Crippen molar-refractivity contribution < 1.29 is 76.3 Å². The van der Waals surface area contributed by atoms with Crippen LogP contribution in [-0.2, 0) is 71.2 Å². The van der Waals surface area contributed by atoms with Crippen molar-refractivity contribution in [2.75, 3.05) is 183 Å². The SMILES string of the molecule is O=C(O)COCC(=O)NCCOCCOCCOCCOCCOCCOCCOCCOCCOCCOCCOCCOCCCCCCI. The van der Waals surface area contributed by atoms with Crippen LogP contribution in [-0.4, -0.2) is 200 Å². The summed E-state index contributed by atoms with van der Waals surface area (Å²) in [5.74, 6) is -1.52. The molecular formula is C34H66INO16. The molecule has 0 bridgehead atoms. The van der Waals surface area contributed by atoms with E-state index >= 15 is 0 Å². The molecule has 0 aromatic heterocycles. The quantitative estimate of drug-likeness (QED) is 0.0508. The van der Waals surface area contributed by atoms with E-state index in [2.05, 4.69) is 32.6 Å². The van der Waals surface area contributed by atoms with Gasteiger partial charge in [0, 0.05) is 13.2 Å². The van der Waals surface area contributed by atoms with Gasteiger partial charge in [-0.2, -0.15) is 0 Å². The van der Waals surface area contributed by atoms with E-state index in [1.165, 1.54) is 23.7 Å². The molecule has 0 aliphatic carbocycles. The smallest absolute Gasteiger partial charge is 0.329 e. The molecule has 0 unspecified atom stereocenters. The Labute approximate surface area is 323 Å². The molecule has 0 aliphatic rings. The lowest BCUT2D eigenvalue weighted by Crippen LogP contribution is -2.31. The highest BCUT2D eigenvalue weighted by Crippen LogP contribution is 2.02. The topological polar surface area (TPSA) is 186 Å². The van der Waals surface area contributed by atoms with Crippen molar-refractivity contribution in [3.8, 4) is 0 Å². The third-order valence-electron chi connectivity index (χ3n) is 6.29. The first-order chi connectivity index (χ1) is 25.7. The van der Waals surface area contributed by atoms with Gasteiger partial charge in [0.05, 0.1) is 152 Å². The second-order valence-corrected chi connectivity index (χ2v) is 11.8. The molecule has 0 fully saturated rings. The van der Waals surface area contributed by atoms with Crippen LogP contribution >= 0.6 is 22.6 Å². The lowest BCUT2D eigenvalue weighted by Gasteiger charge is -2.09. The van der Waals surface area contributed by atoms with Crippen LogP contribution in [0, 0.1) is 0 Å². The van der Waals surface area contributed by atoms with E-state index in [0.717, 1.165) is 13.0 Å². The molecule has 17 nitrogen and oxygen atoms in total. The zero-order valence-electron chi connectivity index (χ0n) is 31.1. The summed E-state index contributed by atoms with van der Waals surface area (Å²) in [6, 6.07) is 0. The second-order valence-electron chi connectivity index (χ2n) is 10.7. The van der Waals surface area contributed by atoms with Gasteiger partial charge in [0.2, 0.25) is 5.91 Å². The summed E-state index contributed by atoms with van der Waals surface area (Å²) >= 11 is 2.41. The fraction of sp³-hybridized carbons (Fsp3) is 0.941.